The van der Waals surface area contributed by atoms with Crippen LogP contribution in [0.2, 0.25) is 0 Å². The maximum Gasteiger partial charge on any atom is 0.416 e. The highest BCUT2D eigenvalue weighted by Gasteiger charge is 2.30. The molecule has 9 heteroatoms. The molecule has 6 nitrogen and oxygen atoms in total. The van der Waals surface area contributed by atoms with E-state index >= 15 is 0 Å². The van der Waals surface area contributed by atoms with Crippen molar-refractivity contribution in [2.45, 2.75) is 25.7 Å². The lowest BCUT2D eigenvalue weighted by Gasteiger charge is -2.15. The lowest BCUT2D eigenvalue weighted by molar-refractivity contribution is -0.137. The van der Waals surface area contributed by atoms with Crippen molar-refractivity contribution in [2.75, 3.05) is 13.7 Å². The maximum absolute atomic E-state index is 12.5. The number of hydrogen-bond acceptors (Lipinski definition) is 4. The third-order valence-corrected chi connectivity index (χ3v) is 3.39. The number of benzene rings is 1. The highest BCUT2D eigenvalue weighted by Crippen LogP contribution is 2.29. The Bertz CT molecular complexity index is 683. The Kier molecular flexibility index (Phi) is 5.55. The van der Waals surface area contributed by atoms with E-state index in [2.05, 4.69) is 15.5 Å². The predicted octanol–water partition coefficient (Wildman–Crippen LogP) is 2.43. The van der Waals surface area contributed by atoms with E-state index in [-0.39, 0.29) is 5.56 Å². The Labute approximate surface area is 136 Å². The van der Waals surface area contributed by atoms with E-state index in [4.69, 9.17) is 4.74 Å². The van der Waals surface area contributed by atoms with E-state index in [1.807, 2.05) is 0 Å². The molecule has 1 atom stereocenters. The van der Waals surface area contributed by atoms with Gasteiger partial charge in [0.15, 0.2) is 5.82 Å². The molecule has 1 unspecified atom stereocenters. The first-order valence-electron chi connectivity index (χ1n) is 7.17. The molecule has 2 rings (SSSR count). The van der Waals surface area contributed by atoms with Crippen LogP contribution in [0.5, 0.6) is 0 Å². The van der Waals surface area contributed by atoms with Crippen LogP contribution in [0.25, 0.3) is 0 Å². The number of rotatable bonds is 6. The smallest absolute Gasteiger partial charge is 0.383 e. The average molecular weight is 342 g/mol. The van der Waals surface area contributed by atoms with Gasteiger partial charge in [0.2, 0.25) is 0 Å². The topological polar surface area (TPSA) is 69.0 Å². The van der Waals surface area contributed by atoms with E-state index < -0.39 is 23.7 Å². The van der Waals surface area contributed by atoms with Crippen molar-refractivity contribution >= 4 is 5.91 Å². The summed E-state index contributed by atoms with van der Waals surface area (Å²) in [6.45, 7) is 2.71. The van der Waals surface area contributed by atoms with E-state index in [0.29, 0.717) is 19.0 Å². The Balaban J connectivity index is 2.05. The summed E-state index contributed by atoms with van der Waals surface area (Å²) in [5, 5.41) is 10.4. The number of nitrogens with one attached hydrogen (secondary N) is 1. The van der Waals surface area contributed by atoms with Gasteiger partial charge in [-0.3, -0.25) is 4.79 Å². The van der Waals surface area contributed by atoms with E-state index in [1.165, 1.54) is 6.33 Å². The summed E-state index contributed by atoms with van der Waals surface area (Å²) in [7, 11) is 1.57. The predicted molar refractivity (Wildman–Crippen MR) is 79.2 cm³/mol. The van der Waals surface area contributed by atoms with Crippen LogP contribution >= 0.6 is 0 Å². The third kappa shape index (κ3) is 4.31. The van der Waals surface area contributed by atoms with Gasteiger partial charge in [0, 0.05) is 19.2 Å². The first kappa shape index (κ1) is 17.9. The third-order valence-electron chi connectivity index (χ3n) is 3.39. The number of methoxy groups -OCH3 is 1. The number of hydrogen-bond donors (Lipinski definition) is 1. The second-order valence-electron chi connectivity index (χ2n) is 5.15. The molecular formula is C15H17F3N4O2. The number of alkyl halides is 3. The summed E-state index contributed by atoms with van der Waals surface area (Å²) in [6.07, 6.45) is -2.91. The van der Waals surface area contributed by atoms with Crippen LogP contribution in [0.3, 0.4) is 0 Å². The van der Waals surface area contributed by atoms with Crippen LogP contribution in [0.1, 0.15) is 34.7 Å². The molecule has 130 valence electrons. The Morgan fingerprint density at radius 1 is 1.33 bits per heavy atom. The molecule has 1 amide bonds. The molecule has 0 aliphatic carbocycles. The quantitative estimate of drug-likeness (QED) is 0.875. The molecule has 0 bridgehead atoms. The van der Waals surface area contributed by atoms with Crippen LogP contribution in [-0.4, -0.2) is 34.4 Å². The van der Waals surface area contributed by atoms with Gasteiger partial charge in [0.1, 0.15) is 6.33 Å². The molecule has 2 aromatic rings. The van der Waals surface area contributed by atoms with E-state index in [1.54, 1.807) is 18.6 Å². The van der Waals surface area contributed by atoms with Crippen LogP contribution in [-0.2, 0) is 17.5 Å². The van der Waals surface area contributed by atoms with E-state index in [0.717, 1.165) is 24.3 Å². The SMILES string of the molecule is COCCn1cnnc1C(C)NC(=O)c1ccc(C(F)(F)F)cc1. The fourth-order valence-corrected chi connectivity index (χ4v) is 2.12. The Hall–Kier alpha value is -2.42. The molecule has 1 heterocycles. The molecule has 1 N–H and O–H groups in total. The molecule has 0 aliphatic rings. The standard InChI is InChI=1S/C15H17F3N4O2/c1-10(13-21-19-9-22(13)7-8-24-2)20-14(23)11-3-5-12(6-4-11)15(16,17)18/h3-6,9-10H,7-8H2,1-2H3,(H,20,23). The van der Waals surface area contributed by atoms with Crippen molar-refractivity contribution in [3.63, 3.8) is 0 Å². The summed E-state index contributed by atoms with van der Waals surface area (Å²) in [4.78, 5) is 12.2. The number of amides is 1. The van der Waals surface area contributed by atoms with Crippen molar-refractivity contribution < 1.29 is 22.7 Å². The normalized spacial score (nSPS) is 12.9. The fraction of sp³-hybridized carbons (Fsp3) is 0.400. The molecular weight excluding hydrogens is 325 g/mol. The lowest BCUT2D eigenvalue weighted by Crippen LogP contribution is -2.29. The minimum absolute atomic E-state index is 0.137. The van der Waals surface area contributed by atoms with Crippen molar-refractivity contribution in [3.05, 3.63) is 47.5 Å². The number of nitrogens with zero attached hydrogens (tertiary/aromatic N) is 3. The number of aromatic nitrogens is 3. The van der Waals surface area contributed by atoms with Crippen molar-refractivity contribution in [3.8, 4) is 0 Å². The molecule has 1 aromatic carbocycles. The maximum atomic E-state index is 12.5. The van der Waals surface area contributed by atoms with Crippen molar-refractivity contribution in [1.29, 1.82) is 0 Å². The number of carbonyl (C=O) groups excluding carboxylic acids is 1. The number of carbonyl (C=O) groups is 1. The van der Waals surface area contributed by atoms with Gasteiger partial charge in [-0.1, -0.05) is 0 Å². The second-order valence-corrected chi connectivity index (χ2v) is 5.15. The largest absolute Gasteiger partial charge is 0.416 e. The fourth-order valence-electron chi connectivity index (χ4n) is 2.12. The highest BCUT2D eigenvalue weighted by atomic mass is 19.4. The highest BCUT2D eigenvalue weighted by molar-refractivity contribution is 5.94. The number of ether oxygens (including phenoxy) is 1. The average Bonchev–Trinajstić information content (AvgIpc) is 3.00. The van der Waals surface area contributed by atoms with Crippen molar-refractivity contribution in [2.24, 2.45) is 0 Å². The van der Waals surface area contributed by atoms with Gasteiger partial charge in [0.05, 0.1) is 18.2 Å². The summed E-state index contributed by atoms with van der Waals surface area (Å²) < 4.78 is 44.3. The molecule has 0 radical (unpaired) electrons. The van der Waals surface area contributed by atoms with E-state index in [9.17, 15) is 18.0 Å². The first-order valence-corrected chi connectivity index (χ1v) is 7.17. The van der Waals surface area contributed by atoms with Crippen LogP contribution in [0, 0.1) is 0 Å². The van der Waals surface area contributed by atoms with Crippen LogP contribution in [0.4, 0.5) is 13.2 Å². The molecule has 0 fully saturated rings. The van der Waals surface area contributed by atoms with Gasteiger partial charge in [-0.05, 0) is 31.2 Å². The minimum atomic E-state index is -4.43. The summed E-state index contributed by atoms with van der Waals surface area (Å²) in [6, 6.07) is 3.57. The van der Waals surface area contributed by atoms with Crippen LogP contribution in [0.15, 0.2) is 30.6 Å². The second kappa shape index (κ2) is 7.43. The van der Waals surface area contributed by atoms with Gasteiger partial charge in [0.25, 0.3) is 5.91 Å². The Morgan fingerprint density at radius 3 is 2.58 bits per heavy atom. The number of halogens is 3. The molecule has 0 aliphatic heterocycles. The monoisotopic (exact) mass is 342 g/mol. The van der Waals surface area contributed by atoms with Crippen LogP contribution < -0.4 is 5.32 Å². The van der Waals surface area contributed by atoms with Gasteiger partial charge in [-0.2, -0.15) is 13.2 Å². The lowest BCUT2D eigenvalue weighted by atomic mass is 10.1. The summed E-state index contributed by atoms with van der Waals surface area (Å²) in [5.41, 5.74) is -0.663. The first-order chi connectivity index (χ1) is 11.3. The van der Waals surface area contributed by atoms with Crippen molar-refractivity contribution in [1.82, 2.24) is 20.1 Å². The molecule has 0 saturated carbocycles. The van der Waals surface area contributed by atoms with Gasteiger partial charge in [-0.15, -0.1) is 10.2 Å². The Morgan fingerprint density at radius 2 is 2.00 bits per heavy atom. The summed E-state index contributed by atoms with van der Waals surface area (Å²) in [5.74, 6) is 0.0461. The van der Waals surface area contributed by atoms with Gasteiger partial charge < -0.3 is 14.6 Å². The molecule has 0 spiro atoms. The molecule has 1 aromatic heterocycles. The molecule has 24 heavy (non-hydrogen) atoms. The minimum Gasteiger partial charge on any atom is -0.383 e. The zero-order valence-electron chi connectivity index (χ0n) is 13.2. The summed E-state index contributed by atoms with van der Waals surface area (Å²) >= 11 is 0. The molecule has 0 saturated heterocycles. The zero-order valence-corrected chi connectivity index (χ0v) is 13.2. The van der Waals surface area contributed by atoms with Gasteiger partial charge in [-0.25, -0.2) is 0 Å². The zero-order chi connectivity index (χ0) is 17.7. The van der Waals surface area contributed by atoms with Gasteiger partial charge >= 0.3 is 6.18 Å².